The van der Waals surface area contributed by atoms with Crippen LogP contribution in [0.4, 0.5) is 0 Å². The lowest BCUT2D eigenvalue weighted by Gasteiger charge is -2.10. The predicted octanol–water partition coefficient (Wildman–Crippen LogP) is 3.83. The molecule has 0 aromatic rings. The van der Waals surface area contributed by atoms with Crippen molar-refractivity contribution in [3.8, 4) is 0 Å². The summed E-state index contributed by atoms with van der Waals surface area (Å²) in [6.07, 6.45) is 12.8. The van der Waals surface area contributed by atoms with Crippen LogP contribution in [0.2, 0.25) is 0 Å². The molecular weight excluding hydrogens is 238 g/mol. The largest absolute Gasteiger partial charge is 0.466 e. The summed E-state index contributed by atoms with van der Waals surface area (Å²) in [7, 11) is 1.92. The summed E-state index contributed by atoms with van der Waals surface area (Å²) in [5.41, 5.74) is 0. The SMILES string of the molecule is C/C=C/CCCCCCCC(=O)OCCC(C)NC. The van der Waals surface area contributed by atoms with E-state index >= 15 is 0 Å². The number of ether oxygens (including phenoxy) is 1. The summed E-state index contributed by atoms with van der Waals surface area (Å²) >= 11 is 0. The van der Waals surface area contributed by atoms with Gasteiger partial charge in [-0.2, -0.15) is 0 Å². The maximum atomic E-state index is 11.4. The summed E-state index contributed by atoms with van der Waals surface area (Å²) < 4.78 is 5.19. The Labute approximate surface area is 118 Å². The van der Waals surface area contributed by atoms with Crippen LogP contribution in [0.5, 0.6) is 0 Å². The van der Waals surface area contributed by atoms with E-state index in [1.165, 1.54) is 25.7 Å². The molecule has 0 spiro atoms. The van der Waals surface area contributed by atoms with Crippen molar-refractivity contribution in [1.82, 2.24) is 5.32 Å². The first-order chi connectivity index (χ1) is 9.20. The Morgan fingerprint density at radius 3 is 2.58 bits per heavy atom. The fourth-order valence-electron chi connectivity index (χ4n) is 1.79. The minimum absolute atomic E-state index is 0.0442. The first-order valence-electron chi connectivity index (χ1n) is 7.64. The van der Waals surface area contributed by atoms with Crippen molar-refractivity contribution in [3.63, 3.8) is 0 Å². The van der Waals surface area contributed by atoms with Gasteiger partial charge in [-0.05, 0) is 46.6 Å². The molecule has 0 aliphatic rings. The maximum absolute atomic E-state index is 11.4. The summed E-state index contributed by atoms with van der Waals surface area (Å²) in [5.74, 6) is -0.0442. The van der Waals surface area contributed by atoms with Crippen molar-refractivity contribution >= 4 is 5.97 Å². The highest BCUT2D eigenvalue weighted by Gasteiger charge is 2.04. The molecule has 0 rings (SSSR count). The van der Waals surface area contributed by atoms with Gasteiger partial charge >= 0.3 is 5.97 Å². The first-order valence-corrected chi connectivity index (χ1v) is 7.64. The molecule has 1 atom stereocenters. The van der Waals surface area contributed by atoms with Gasteiger partial charge in [0.1, 0.15) is 0 Å². The normalized spacial score (nSPS) is 12.8. The zero-order valence-corrected chi connectivity index (χ0v) is 12.9. The number of allylic oxidation sites excluding steroid dienone is 2. The standard InChI is InChI=1S/C16H31NO2/c1-4-5-6-7-8-9-10-11-12-16(18)19-14-13-15(2)17-3/h4-5,15,17H,6-14H2,1-3H3/b5-4+. The summed E-state index contributed by atoms with van der Waals surface area (Å²) in [5, 5.41) is 3.12. The van der Waals surface area contributed by atoms with E-state index in [1.54, 1.807) is 0 Å². The van der Waals surface area contributed by atoms with Gasteiger partial charge in [0, 0.05) is 12.5 Å². The summed E-state index contributed by atoms with van der Waals surface area (Å²) in [6, 6.07) is 0.407. The molecule has 0 aromatic carbocycles. The fraction of sp³-hybridized carbons (Fsp3) is 0.812. The van der Waals surface area contributed by atoms with Gasteiger partial charge in [0.25, 0.3) is 0 Å². The van der Waals surface area contributed by atoms with E-state index in [0.29, 0.717) is 19.1 Å². The highest BCUT2D eigenvalue weighted by atomic mass is 16.5. The van der Waals surface area contributed by atoms with E-state index in [4.69, 9.17) is 4.74 Å². The number of nitrogens with one attached hydrogen (secondary N) is 1. The Morgan fingerprint density at radius 1 is 1.21 bits per heavy atom. The maximum Gasteiger partial charge on any atom is 0.305 e. The highest BCUT2D eigenvalue weighted by molar-refractivity contribution is 5.69. The topological polar surface area (TPSA) is 38.3 Å². The average molecular weight is 269 g/mol. The van der Waals surface area contributed by atoms with Crippen molar-refractivity contribution < 1.29 is 9.53 Å². The molecule has 0 saturated heterocycles. The average Bonchev–Trinajstić information content (AvgIpc) is 2.41. The number of esters is 1. The second kappa shape index (κ2) is 13.6. The van der Waals surface area contributed by atoms with Crippen LogP contribution >= 0.6 is 0 Å². The van der Waals surface area contributed by atoms with E-state index in [2.05, 4.69) is 31.3 Å². The Bertz CT molecular complexity index is 239. The number of carbonyl (C=O) groups is 1. The summed E-state index contributed by atoms with van der Waals surface area (Å²) in [6.45, 7) is 4.68. The van der Waals surface area contributed by atoms with Gasteiger partial charge in [0.2, 0.25) is 0 Å². The molecule has 0 saturated carbocycles. The molecule has 0 heterocycles. The molecule has 112 valence electrons. The van der Waals surface area contributed by atoms with Crippen LogP contribution in [0, 0.1) is 0 Å². The second-order valence-electron chi connectivity index (χ2n) is 5.07. The molecule has 0 radical (unpaired) electrons. The monoisotopic (exact) mass is 269 g/mol. The van der Waals surface area contributed by atoms with Gasteiger partial charge < -0.3 is 10.1 Å². The van der Waals surface area contributed by atoms with E-state index in [0.717, 1.165) is 19.3 Å². The van der Waals surface area contributed by atoms with Gasteiger partial charge in [-0.1, -0.05) is 31.4 Å². The van der Waals surface area contributed by atoms with Crippen LogP contribution in [-0.2, 0) is 9.53 Å². The molecule has 0 aliphatic heterocycles. The molecule has 0 amide bonds. The molecule has 1 unspecified atom stereocenters. The fourth-order valence-corrected chi connectivity index (χ4v) is 1.79. The Kier molecular flexibility index (Phi) is 13.0. The Morgan fingerprint density at radius 2 is 1.89 bits per heavy atom. The van der Waals surface area contributed by atoms with E-state index < -0.39 is 0 Å². The highest BCUT2D eigenvalue weighted by Crippen LogP contribution is 2.08. The van der Waals surface area contributed by atoms with Crippen LogP contribution in [0.15, 0.2) is 12.2 Å². The number of rotatable bonds is 12. The lowest BCUT2D eigenvalue weighted by molar-refractivity contribution is -0.144. The van der Waals surface area contributed by atoms with Crippen LogP contribution in [0.3, 0.4) is 0 Å². The molecule has 0 bridgehead atoms. The lowest BCUT2D eigenvalue weighted by atomic mass is 10.1. The van der Waals surface area contributed by atoms with Crippen molar-refractivity contribution in [2.75, 3.05) is 13.7 Å². The predicted molar refractivity (Wildman–Crippen MR) is 81.2 cm³/mol. The van der Waals surface area contributed by atoms with Gasteiger partial charge in [-0.25, -0.2) is 0 Å². The van der Waals surface area contributed by atoms with Crippen molar-refractivity contribution in [1.29, 1.82) is 0 Å². The second-order valence-corrected chi connectivity index (χ2v) is 5.07. The number of carbonyl (C=O) groups excluding carboxylic acids is 1. The van der Waals surface area contributed by atoms with Gasteiger partial charge in [-0.15, -0.1) is 0 Å². The molecule has 1 N–H and O–H groups in total. The third-order valence-electron chi connectivity index (χ3n) is 3.29. The molecular formula is C16H31NO2. The number of unbranched alkanes of at least 4 members (excludes halogenated alkanes) is 5. The summed E-state index contributed by atoms with van der Waals surface area (Å²) in [4.78, 5) is 11.4. The number of hydrogen-bond acceptors (Lipinski definition) is 3. The van der Waals surface area contributed by atoms with Gasteiger partial charge in [-0.3, -0.25) is 4.79 Å². The molecule has 19 heavy (non-hydrogen) atoms. The third kappa shape index (κ3) is 13.4. The lowest BCUT2D eigenvalue weighted by Crippen LogP contribution is -2.23. The Hall–Kier alpha value is -0.830. The van der Waals surface area contributed by atoms with Crippen LogP contribution in [-0.4, -0.2) is 25.7 Å². The smallest absolute Gasteiger partial charge is 0.305 e. The van der Waals surface area contributed by atoms with Gasteiger partial charge in [0.05, 0.1) is 6.61 Å². The van der Waals surface area contributed by atoms with Crippen molar-refractivity contribution in [2.24, 2.45) is 0 Å². The Balaban J connectivity index is 3.25. The zero-order valence-electron chi connectivity index (χ0n) is 12.9. The van der Waals surface area contributed by atoms with Crippen LogP contribution in [0.25, 0.3) is 0 Å². The van der Waals surface area contributed by atoms with E-state index in [-0.39, 0.29) is 5.97 Å². The number of hydrogen-bond donors (Lipinski definition) is 1. The van der Waals surface area contributed by atoms with E-state index in [1.807, 2.05) is 7.05 Å². The van der Waals surface area contributed by atoms with Crippen molar-refractivity contribution in [3.05, 3.63) is 12.2 Å². The zero-order chi connectivity index (χ0) is 14.3. The first kappa shape index (κ1) is 18.2. The molecule has 0 aromatic heterocycles. The molecule has 3 nitrogen and oxygen atoms in total. The van der Waals surface area contributed by atoms with Gasteiger partial charge in [0.15, 0.2) is 0 Å². The van der Waals surface area contributed by atoms with Crippen molar-refractivity contribution in [2.45, 2.75) is 71.3 Å². The molecule has 0 aliphatic carbocycles. The van der Waals surface area contributed by atoms with Crippen LogP contribution in [0.1, 0.15) is 65.2 Å². The van der Waals surface area contributed by atoms with Crippen LogP contribution < -0.4 is 5.32 Å². The van der Waals surface area contributed by atoms with E-state index in [9.17, 15) is 4.79 Å². The molecule has 0 fully saturated rings. The third-order valence-corrected chi connectivity index (χ3v) is 3.29. The quantitative estimate of drug-likeness (QED) is 0.332. The minimum atomic E-state index is -0.0442. The minimum Gasteiger partial charge on any atom is -0.466 e. The molecule has 3 heteroatoms.